The molecule has 3 rings (SSSR count). The summed E-state index contributed by atoms with van der Waals surface area (Å²) in [7, 11) is 1.64. The van der Waals surface area contributed by atoms with E-state index >= 15 is 0 Å². The van der Waals surface area contributed by atoms with Gasteiger partial charge in [-0.05, 0) is 12.5 Å². The molecule has 0 aliphatic carbocycles. The van der Waals surface area contributed by atoms with Gasteiger partial charge in [-0.25, -0.2) is 0 Å². The van der Waals surface area contributed by atoms with Crippen molar-refractivity contribution in [1.29, 1.82) is 0 Å². The van der Waals surface area contributed by atoms with Crippen LogP contribution in [0, 0.1) is 5.92 Å². The molecule has 2 heterocycles. The Kier molecular flexibility index (Phi) is 6.39. The lowest BCUT2D eigenvalue weighted by atomic mass is 10.1. The van der Waals surface area contributed by atoms with E-state index in [-0.39, 0.29) is 24.2 Å². The molecule has 0 unspecified atom stereocenters. The molecule has 1 aromatic heterocycles. The van der Waals surface area contributed by atoms with E-state index in [2.05, 4.69) is 22.4 Å². The molecule has 8 heteroatoms. The number of anilines is 1. The van der Waals surface area contributed by atoms with Crippen molar-refractivity contribution in [3.05, 3.63) is 34.8 Å². The Morgan fingerprint density at radius 1 is 1.37 bits per heavy atom. The zero-order valence-corrected chi connectivity index (χ0v) is 16.4. The molecule has 0 bridgehead atoms. The number of rotatable bonds is 8. The summed E-state index contributed by atoms with van der Waals surface area (Å²) in [5, 5.41) is 12.3. The molecule has 0 saturated carbocycles. The van der Waals surface area contributed by atoms with Gasteiger partial charge in [0.1, 0.15) is 10.8 Å². The highest BCUT2D eigenvalue weighted by molar-refractivity contribution is 7.15. The summed E-state index contributed by atoms with van der Waals surface area (Å²) < 4.78 is 5.35. The van der Waals surface area contributed by atoms with Crippen molar-refractivity contribution in [2.24, 2.45) is 5.92 Å². The summed E-state index contributed by atoms with van der Waals surface area (Å²) in [5.41, 5.74) is 1.02. The Bertz CT molecular complexity index is 808. The van der Waals surface area contributed by atoms with Crippen LogP contribution < -0.4 is 10.1 Å². The Morgan fingerprint density at radius 3 is 2.96 bits per heavy atom. The van der Waals surface area contributed by atoms with Crippen molar-refractivity contribution in [2.45, 2.75) is 32.6 Å². The number of nitrogens with one attached hydrogen (secondary N) is 1. The minimum atomic E-state index is -0.323. The molecule has 1 fully saturated rings. The van der Waals surface area contributed by atoms with E-state index in [1.54, 1.807) is 12.0 Å². The average molecular weight is 388 g/mol. The van der Waals surface area contributed by atoms with Gasteiger partial charge in [-0.15, -0.1) is 10.2 Å². The van der Waals surface area contributed by atoms with Crippen LogP contribution in [0.5, 0.6) is 5.75 Å². The zero-order chi connectivity index (χ0) is 19.2. The molecule has 2 amide bonds. The third-order valence-electron chi connectivity index (χ3n) is 4.60. The predicted octanol–water partition coefficient (Wildman–Crippen LogP) is 2.72. The van der Waals surface area contributed by atoms with Crippen molar-refractivity contribution in [3.63, 3.8) is 0 Å². The number of hydrogen-bond acceptors (Lipinski definition) is 6. The van der Waals surface area contributed by atoms with E-state index < -0.39 is 0 Å². The average Bonchev–Trinajstić information content (AvgIpc) is 3.26. The fraction of sp³-hybridized carbons (Fsp3) is 0.474. The first-order valence-electron chi connectivity index (χ1n) is 9.13. The molecular formula is C19H24N4O3S. The highest BCUT2D eigenvalue weighted by atomic mass is 32.1. The van der Waals surface area contributed by atoms with E-state index in [4.69, 9.17) is 4.74 Å². The summed E-state index contributed by atoms with van der Waals surface area (Å²) in [6.07, 6.45) is 2.84. The molecule has 144 valence electrons. The smallest absolute Gasteiger partial charge is 0.231 e. The van der Waals surface area contributed by atoms with E-state index in [1.807, 2.05) is 24.3 Å². The Hall–Kier alpha value is -2.48. The van der Waals surface area contributed by atoms with Gasteiger partial charge in [0.05, 0.1) is 13.0 Å². The van der Waals surface area contributed by atoms with Crippen molar-refractivity contribution in [3.8, 4) is 5.75 Å². The number of amides is 2. The van der Waals surface area contributed by atoms with Crippen LogP contribution in [0.25, 0.3) is 0 Å². The molecule has 1 aliphatic heterocycles. The summed E-state index contributed by atoms with van der Waals surface area (Å²) in [5.74, 6) is 0.367. The predicted molar refractivity (Wildman–Crippen MR) is 104 cm³/mol. The first kappa shape index (κ1) is 19.3. The summed E-state index contributed by atoms with van der Waals surface area (Å²) in [6.45, 7) is 3.29. The maximum Gasteiger partial charge on any atom is 0.231 e. The van der Waals surface area contributed by atoms with E-state index in [0.29, 0.717) is 18.1 Å². The number of benzene rings is 1. The number of ether oxygens (including phenoxy) is 1. The molecule has 27 heavy (non-hydrogen) atoms. The van der Waals surface area contributed by atoms with E-state index in [0.717, 1.165) is 35.7 Å². The normalized spacial score (nSPS) is 16.6. The molecule has 0 radical (unpaired) electrons. The van der Waals surface area contributed by atoms with Gasteiger partial charge in [0, 0.05) is 31.5 Å². The molecule has 1 saturated heterocycles. The number of para-hydroxylation sites is 1. The van der Waals surface area contributed by atoms with Gasteiger partial charge in [-0.3, -0.25) is 9.59 Å². The van der Waals surface area contributed by atoms with Crippen LogP contribution >= 0.6 is 11.3 Å². The molecule has 1 atom stereocenters. The van der Waals surface area contributed by atoms with Gasteiger partial charge in [0.25, 0.3) is 0 Å². The van der Waals surface area contributed by atoms with Crippen LogP contribution in [0.15, 0.2) is 24.3 Å². The fourth-order valence-electron chi connectivity index (χ4n) is 3.11. The lowest BCUT2D eigenvalue weighted by molar-refractivity contribution is -0.128. The summed E-state index contributed by atoms with van der Waals surface area (Å²) >= 11 is 1.34. The lowest BCUT2D eigenvalue weighted by Gasteiger charge is -2.15. The van der Waals surface area contributed by atoms with Gasteiger partial charge in [0.2, 0.25) is 16.9 Å². The molecule has 7 nitrogen and oxygen atoms in total. The molecule has 0 spiro atoms. The van der Waals surface area contributed by atoms with Gasteiger partial charge >= 0.3 is 0 Å². The quantitative estimate of drug-likeness (QED) is 0.752. The van der Waals surface area contributed by atoms with E-state index in [1.165, 1.54) is 11.3 Å². The number of nitrogens with zero attached hydrogens (tertiary/aromatic N) is 3. The van der Waals surface area contributed by atoms with Crippen molar-refractivity contribution in [1.82, 2.24) is 15.1 Å². The van der Waals surface area contributed by atoms with Crippen LogP contribution in [-0.2, 0) is 16.0 Å². The van der Waals surface area contributed by atoms with Crippen molar-refractivity contribution in [2.75, 3.05) is 25.5 Å². The number of aromatic nitrogens is 2. The van der Waals surface area contributed by atoms with Crippen LogP contribution in [0.1, 0.15) is 36.8 Å². The number of carbonyl (C=O) groups is 2. The fourth-order valence-corrected chi connectivity index (χ4v) is 3.87. The molecular weight excluding hydrogens is 364 g/mol. The van der Waals surface area contributed by atoms with Gasteiger partial charge < -0.3 is 15.0 Å². The monoisotopic (exact) mass is 388 g/mol. The number of methoxy groups -OCH3 is 1. The second kappa shape index (κ2) is 8.94. The maximum absolute atomic E-state index is 12.5. The Balaban J connectivity index is 1.57. The van der Waals surface area contributed by atoms with Gasteiger partial charge in [-0.1, -0.05) is 42.9 Å². The number of unbranched alkanes of at least 4 members (excludes halogenated alkanes) is 1. The Labute approximate surface area is 162 Å². The Morgan fingerprint density at radius 2 is 2.19 bits per heavy atom. The largest absolute Gasteiger partial charge is 0.496 e. The van der Waals surface area contributed by atoms with Crippen LogP contribution in [0.3, 0.4) is 0 Å². The minimum Gasteiger partial charge on any atom is -0.496 e. The standard InChI is InChI=1S/C19H24N4O3S/c1-3-4-9-23-12-14(11-17(23)24)18(25)20-19-22-21-16(27-19)10-13-7-5-6-8-15(13)26-2/h5-8,14H,3-4,9-12H2,1-2H3,(H,20,22,25)/t14-/m0/s1. The van der Waals surface area contributed by atoms with E-state index in [9.17, 15) is 9.59 Å². The number of hydrogen-bond donors (Lipinski definition) is 1. The van der Waals surface area contributed by atoms with Crippen LogP contribution in [0.4, 0.5) is 5.13 Å². The number of likely N-dealkylation sites (tertiary alicyclic amines) is 1. The zero-order valence-electron chi connectivity index (χ0n) is 15.6. The third kappa shape index (κ3) is 4.82. The minimum absolute atomic E-state index is 0.0534. The van der Waals surface area contributed by atoms with Crippen LogP contribution in [0.2, 0.25) is 0 Å². The molecule has 1 N–H and O–H groups in total. The highest BCUT2D eigenvalue weighted by Gasteiger charge is 2.34. The molecule has 1 aromatic carbocycles. The highest BCUT2D eigenvalue weighted by Crippen LogP contribution is 2.25. The maximum atomic E-state index is 12.5. The summed E-state index contributed by atoms with van der Waals surface area (Å²) in [4.78, 5) is 26.3. The second-order valence-corrected chi connectivity index (χ2v) is 7.64. The number of carbonyl (C=O) groups excluding carboxylic acids is 2. The van der Waals surface area contributed by atoms with Crippen molar-refractivity contribution < 1.29 is 14.3 Å². The molecule has 1 aliphatic rings. The third-order valence-corrected chi connectivity index (χ3v) is 5.44. The van der Waals surface area contributed by atoms with Gasteiger partial charge in [0.15, 0.2) is 0 Å². The second-order valence-electron chi connectivity index (χ2n) is 6.57. The lowest BCUT2D eigenvalue weighted by Crippen LogP contribution is -2.29. The summed E-state index contributed by atoms with van der Waals surface area (Å²) in [6, 6.07) is 7.75. The van der Waals surface area contributed by atoms with Crippen molar-refractivity contribution >= 4 is 28.3 Å². The van der Waals surface area contributed by atoms with Crippen LogP contribution in [-0.4, -0.2) is 47.1 Å². The van der Waals surface area contributed by atoms with Gasteiger partial charge in [-0.2, -0.15) is 0 Å². The first-order valence-corrected chi connectivity index (χ1v) is 9.95. The topological polar surface area (TPSA) is 84.4 Å². The molecule has 2 aromatic rings. The first-order chi connectivity index (χ1) is 13.1. The SMILES string of the molecule is CCCCN1C[C@@H](C(=O)Nc2nnc(Cc3ccccc3OC)s2)CC1=O.